The normalized spacial score (nSPS) is 22.6. The van der Waals surface area contributed by atoms with Crippen molar-refractivity contribution >= 4 is 23.3 Å². The van der Waals surface area contributed by atoms with Gasteiger partial charge in [-0.2, -0.15) is 0 Å². The van der Waals surface area contributed by atoms with Gasteiger partial charge in [0.1, 0.15) is 23.3 Å². The summed E-state index contributed by atoms with van der Waals surface area (Å²) >= 11 is 0. The summed E-state index contributed by atoms with van der Waals surface area (Å²) in [4.78, 5) is 23.7. The lowest BCUT2D eigenvalue weighted by atomic mass is 9.88. The summed E-state index contributed by atoms with van der Waals surface area (Å²) in [6, 6.07) is 9.13. The number of anilines is 3. The molecule has 0 saturated carbocycles. The van der Waals surface area contributed by atoms with E-state index in [-0.39, 0.29) is 12.2 Å². The van der Waals surface area contributed by atoms with E-state index in [0.717, 1.165) is 88.1 Å². The molecule has 4 aliphatic rings. The molecular weight excluding hydrogens is 494 g/mol. The molecule has 0 bridgehead atoms. The van der Waals surface area contributed by atoms with Gasteiger partial charge in [-0.05, 0) is 83.3 Å². The van der Waals surface area contributed by atoms with Gasteiger partial charge >= 0.3 is 6.09 Å². The Kier molecular flexibility index (Phi) is 7.05. The average molecular weight is 536 g/mol. The fourth-order valence-electron chi connectivity index (χ4n) is 6.18. The smallest absolute Gasteiger partial charge is 0.410 e. The zero-order valence-electron chi connectivity index (χ0n) is 23.6. The summed E-state index contributed by atoms with van der Waals surface area (Å²) in [6.07, 6.45) is 3.79. The van der Waals surface area contributed by atoms with Gasteiger partial charge in [0.2, 0.25) is 0 Å². The summed E-state index contributed by atoms with van der Waals surface area (Å²) in [7, 11) is 0. The van der Waals surface area contributed by atoms with Crippen LogP contribution in [0.1, 0.15) is 63.7 Å². The number of fused-ring (bicyclic) bond motifs is 2. The van der Waals surface area contributed by atoms with Crippen LogP contribution in [0, 0.1) is 0 Å². The Morgan fingerprint density at radius 3 is 2.54 bits per heavy atom. The first-order chi connectivity index (χ1) is 18.7. The van der Waals surface area contributed by atoms with Gasteiger partial charge < -0.3 is 29.3 Å². The van der Waals surface area contributed by atoms with Crippen molar-refractivity contribution in [1.29, 1.82) is 0 Å². The maximum absolute atomic E-state index is 12.3. The number of likely N-dealkylation sites (tertiary alicyclic amines) is 2. The van der Waals surface area contributed by atoms with E-state index in [9.17, 15) is 4.79 Å². The van der Waals surface area contributed by atoms with E-state index >= 15 is 0 Å². The number of piperidine rings is 1. The van der Waals surface area contributed by atoms with Gasteiger partial charge in [0.05, 0.1) is 24.5 Å². The molecular formula is C30H41N5O4. The number of carbonyl (C=O) groups excluding carboxylic acids is 1. The van der Waals surface area contributed by atoms with Crippen molar-refractivity contribution in [3.63, 3.8) is 0 Å². The van der Waals surface area contributed by atoms with Crippen molar-refractivity contribution in [2.75, 3.05) is 62.7 Å². The predicted octanol–water partition coefficient (Wildman–Crippen LogP) is 4.91. The molecule has 210 valence electrons. The lowest BCUT2D eigenvalue weighted by molar-refractivity contribution is -0.0196. The number of morpholine rings is 1. The Bertz CT molecular complexity index is 1190. The quantitative estimate of drug-likeness (QED) is 0.594. The number of pyridine rings is 1. The molecule has 1 aromatic heterocycles. The van der Waals surface area contributed by atoms with Crippen LogP contribution < -0.4 is 15.0 Å². The van der Waals surface area contributed by atoms with E-state index in [1.165, 1.54) is 11.3 Å². The first kappa shape index (κ1) is 26.2. The molecule has 3 fully saturated rings. The molecule has 0 spiro atoms. The summed E-state index contributed by atoms with van der Waals surface area (Å²) < 4.78 is 17.6. The Morgan fingerprint density at radius 2 is 1.82 bits per heavy atom. The number of nitrogens with one attached hydrogen (secondary N) is 1. The number of amides is 1. The third-order valence-electron chi connectivity index (χ3n) is 8.32. The molecule has 4 aliphatic heterocycles. The Labute approximate surface area is 231 Å². The number of benzene rings is 1. The van der Waals surface area contributed by atoms with E-state index in [2.05, 4.69) is 46.3 Å². The van der Waals surface area contributed by atoms with Crippen molar-refractivity contribution < 1.29 is 19.0 Å². The standard InChI is InChI=1S/C30H41N5O4/c1-20-27-25(34-13-15-37-16-14-34)7-10-31-28(27)32-24-17-22(5-6-26(24)38-20)21-8-11-33(12-9-21)23-18-35(19-23)29(36)39-30(2,3)4/h5-7,10,17,20-21,23H,8-9,11-16,18-19H2,1-4H3,(H,31,32)/t20-/m1/s1. The minimum atomic E-state index is -0.449. The summed E-state index contributed by atoms with van der Waals surface area (Å²) in [6.45, 7) is 14.7. The van der Waals surface area contributed by atoms with Crippen molar-refractivity contribution in [3.05, 3.63) is 41.6 Å². The Balaban J connectivity index is 1.10. The van der Waals surface area contributed by atoms with E-state index in [1.807, 2.05) is 31.9 Å². The van der Waals surface area contributed by atoms with Gasteiger partial charge in [-0.1, -0.05) is 6.07 Å². The van der Waals surface area contributed by atoms with Gasteiger partial charge in [-0.25, -0.2) is 9.78 Å². The highest BCUT2D eigenvalue weighted by molar-refractivity contribution is 5.74. The number of rotatable bonds is 3. The third kappa shape index (κ3) is 5.52. The second kappa shape index (κ2) is 10.5. The number of ether oxygens (including phenoxy) is 3. The predicted molar refractivity (Wildman–Crippen MR) is 151 cm³/mol. The van der Waals surface area contributed by atoms with Crippen LogP contribution in [0.5, 0.6) is 5.75 Å². The second-order valence-electron chi connectivity index (χ2n) is 12.2. The minimum absolute atomic E-state index is 0.114. The monoisotopic (exact) mass is 535 g/mol. The van der Waals surface area contributed by atoms with Gasteiger partial charge in [-0.3, -0.25) is 4.90 Å². The van der Waals surface area contributed by atoms with Crippen LogP contribution in [-0.4, -0.2) is 85.0 Å². The maximum atomic E-state index is 12.3. The molecule has 1 aromatic carbocycles. The van der Waals surface area contributed by atoms with Crippen LogP contribution in [0.4, 0.5) is 22.0 Å². The van der Waals surface area contributed by atoms with Gasteiger partial charge in [0, 0.05) is 44.1 Å². The summed E-state index contributed by atoms with van der Waals surface area (Å²) in [5.41, 5.74) is 4.15. The van der Waals surface area contributed by atoms with Crippen LogP contribution in [0.15, 0.2) is 30.5 Å². The van der Waals surface area contributed by atoms with Crippen LogP contribution in [-0.2, 0) is 9.47 Å². The highest BCUT2D eigenvalue weighted by Gasteiger charge is 2.38. The largest absolute Gasteiger partial charge is 0.484 e. The van der Waals surface area contributed by atoms with Crippen molar-refractivity contribution in [1.82, 2.24) is 14.8 Å². The molecule has 0 aliphatic carbocycles. The zero-order chi connectivity index (χ0) is 27.1. The lowest BCUT2D eigenvalue weighted by Crippen LogP contribution is -2.62. The second-order valence-corrected chi connectivity index (χ2v) is 12.2. The minimum Gasteiger partial charge on any atom is -0.484 e. The molecule has 9 nitrogen and oxygen atoms in total. The molecule has 2 aromatic rings. The summed E-state index contributed by atoms with van der Waals surface area (Å²) in [5, 5.41) is 3.62. The molecule has 1 amide bonds. The molecule has 1 atom stereocenters. The van der Waals surface area contributed by atoms with Crippen LogP contribution in [0.2, 0.25) is 0 Å². The van der Waals surface area contributed by atoms with Crippen LogP contribution >= 0.6 is 0 Å². The van der Waals surface area contributed by atoms with Gasteiger partial charge in [0.15, 0.2) is 0 Å². The number of aromatic nitrogens is 1. The molecule has 9 heteroatoms. The van der Waals surface area contributed by atoms with E-state index in [1.54, 1.807) is 0 Å². The molecule has 3 saturated heterocycles. The SMILES string of the molecule is C[C@H]1Oc2ccc(C3CCN(C4CN(C(=O)OC(C)(C)C)C4)CC3)cc2Nc2nccc(N3CCOCC3)c21. The first-order valence-corrected chi connectivity index (χ1v) is 14.4. The molecule has 6 rings (SSSR count). The number of hydrogen-bond donors (Lipinski definition) is 1. The van der Waals surface area contributed by atoms with Crippen LogP contribution in [0.3, 0.4) is 0 Å². The number of carbonyl (C=O) groups is 1. The average Bonchev–Trinajstić information content (AvgIpc) is 3.03. The molecule has 5 heterocycles. The Hall–Kier alpha value is -3.04. The zero-order valence-corrected chi connectivity index (χ0v) is 23.6. The van der Waals surface area contributed by atoms with Crippen molar-refractivity contribution in [2.24, 2.45) is 0 Å². The third-order valence-corrected chi connectivity index (χ3v) is 8.32. The highest BCUT2D eigenvalue weighted by atomic mass is 16.6. The van der Waals surface area contributed by atoms with Gasteiger partial charge in [-0.15, -0.1) is 0 Å². The van der Waals surface area contributed by atoms with Crippen molar-refractivity contribution in [3.8, 4) is 5.75 Å². The van der Waals surface area contributed by atoms with Crippen molar-refractivity contribution in [2.45, 2.75) is 64.2 Å². The van der Waals surface area contributed by atoms with Gasteiger partial charge in [0.25, 0.3) is 0 Å². The fourth-order valence-corrected chi connectivity index (χ4v) is 6.18. The molecule has 0 unspecified atom stereocenters. The maximum Gasteiger partial charge on any atom is 0.410 e. The van der Waals surface area contributed by atoms with E-state index < -0.39 is 5.60 Å². The summed E-state index contributed by atoms with van der Waals surface area (Å²) in [5.74, 6) is 2.24. The number of nitrogens with zero attached hydrogens (tertiary/aromatic N) is 4. The van der Waals surface area contributed by atoms with E-state index in [4.69, 9.17) is 19.2 Å². The number of hydrogen-bond acceptors (Lipinski definition) is 8. The molecule has 39 heavy (non-hydrogen) atoms. The molecule has 1 N–H and O–H groups in total. The Morgan fingerprint density at radius 1 is 1.08 bits per heavy atom. The highest BCUT2D eigenvalue weighted by Crippen LogP contribution is 2.43. The fraction of sp³-hybridized carbons (Fsp3) is 0.600. The first-order valence-electron chi connectivity index (χ1n) is 14.4. The molecule has 0 radical (unpaired) electrons. The van der Waals surface area contributed by atoms with Crippen LogP contribution in [0.25, 0.3) is 0 Å². The lowest BCUT2D eigenvalue weighted by Gasteiger charge is -2.47. The topological polar surface area (TPSA) is 79.4 Å². The van der Waals surface area contributed by atoms with E-state index in [0.29, 0.717) is 12.0 Å².